The van der Waals surface area contributed by atoms with Crippen molar-refractivity contribution in [1.29, 1.82) is 0 Å². The zero-order valence-electron chi connectivity index (χ0n) is 9.03. The molecule has 0 atom stereocenters. The molecular formula is C12H13BrN2S. The van der Waals surface area contributed by atoms with E-state index in [4.69, 9.17) is 0 Å². The Morgan fingerprint density at radius 2 is 2.25 bits per heavy atom. The van der Waals surface area contributed by atoms with Gasteiger partial charge in [0.25, 0.3) is 0 Å². The molecule has 0 aliphatic heterocycles. The van der Waals surface area contributed by atoms with E-state index >= 15 is 0 Å². The smallest absolute Gasteiger partial charge is 0.0795 e. The predicted octanol–water partition coefficient (Wildman–Crippen LogP) is 3.50. The van der Waals surface area contributed by atoms with E-state index in [-0.39, 0.29) is 0 Å². The molecule has 0 aliphatic rings. The molecule has 0 saturated carbocycles. The van der Waals surface area contributed by atoms with E-state index in [0.29, 0.717) is 0 Å². The molecule has 2 rings (SSSR count). The Labute approximate surface area is 108 Å². The molecule has 4 heteroatoms. The molecule has 0 spiro atoms. The van der Waals surface area contributed by atoms with Crippen molar-refractivity contribution in [3.8, 4) is 0 Å². The van der Waals surface area contributed by atoms with Gasteiger partial charge in [0.15, 0.2) is 0 Å². The molecule has 84 valence electrons. The van der Waals surface area contributed by atoms with Gasteiger partial charge in [0.2, 0.25) is 0 Å². The first-order valence-electron chi connectivity index (χ1n) is 5.08. The molecule has 0 bridgehead atoms. The summed E-state index contributed by atoms with van der Waals surface area (Å²) < 4.78 is 1.13. The molecule has 0 fully saturated rings. The Morgan fingerprint density at radius 1 is 1.38 bits per heavy atom. The van der Waals surface area contributed by atoms with Crippen molar-refractivity contribution in [2.24, 2.45) is 0 Å². The molecule has 1 aromatic heterocycles. The van der Waals surface area contributed by atoms with E-state index < -0.39 is 0 Å². The maximum Gasteiger partial charge on any atom is 0.0795 e. The molecule has 2 nitrogen and oxygen atoms in total. The summed E-state index contributed by atoms with van der Waals surface area (Å²) in [6.45, 7) is 3.85. The van der Waals surface area contributed by atoms with E-state index in [1.807, 2.05) is 5.51 Å². The summed E-state index contributed by atoms with van der Waals surface area (Å²) in [6, 6.07) is 6.36. The van der Waals surface area contributed by atoms with Gasteiger partial charge in [-0.1, -0.05) is 22.0 Å². The van der Waals surface area contributed by atoms with Crippen LogP contribution in [0.15, 0.2) is 33.6 Å². The Hall–Kier alpha value is -0.710. The van der Waals surface area contributed by atoms with Gasteiger partial charge < -0.3 is 5.32 Å². The van der Waals surface area contributed by atoms with Crippen LogP contribution >= 0.6 is 27.3 Å². The van der Waals surface area contributed by atoms with Crippen molar-refractivity contribution in [3.63, 3.8) is 0 Å². The normalized spacial score (nSPS) is 10.6. The third kappa shape index (κ3) is 3.14. The van der Waals surface area contributed by atoms with Gasteiger partial charge in [0.1, 0.15) is 0 Å². The maximum atomic E-state index is 4.23. The summed E-state index contributed by atoms with van der Waals surface area (Å²) in [7, 11) is 0. The highest BCUT2D eigenvalue weighted by Crippen LogP contribution is 2.15. The summed E-state index contributed by atoms with van der Waals surface area (Å²) in [5, 5.41) is 5.46. The summed E-state index contributed by atoms with van der Waals surface area (Å²) in [5.41, 5.74) is 5.61. The highest BCUT2D eigenvalue weighted by Gasteiger charge is 1.99. The van der Waals surface area contributed by atoms with Crippen LogP contribution in [0.5, 0.6) is 0 Å². The second-order valence-corrected chi connectivity index (χ2v) is 5.29. The van der Waals surface area contributed by atoms with Gasteiger partial charge in [-0.15, -0.1) is 11.3 Å². The minimum atomic E-state index is 0.832. The predicted molar refractivity (Wildman–Crippen MR) is 71.5 cm³/mol. The Bertz CT molecular complexity index is 454. The van der Waals surface area contributed by atoms with Crippen molar-refractivity contribution < 1.29 is 0 Å². The first-order valence-corrected chi connectivity index (χ1v) is 6.82. The fourth-order valence-electron chi connectivity index (χ4n) is 1.51. The summed E-state index contributed by atoms with van der Waals surface area (Å²) in [6.07, 6.45) is 0. The Kier molecular flexibility index (Phi) is 4.09. The highest BCUT2D eigenvalue weighted by molar-refractivity contribution is 9.10. The number of rotatable bonds is 4. The van der Waals surface area contributed by atoms with Gasteiger partial charge >= 0.3 is 0 Å². The van der Waals surface area contributed by atoms with Gasteiger partial charge in [0.05, 0.1) is 11.2 Å². The molecule has 0 unspecified atom stereocenters. The molecule has 1 N–H and O–H groups in total. The van der Waals surface area contributed by atoms with Crippen LogP contribution in [0.4, 0.5) is 0 Å². The van der Waals surface area contributed by atoms with Crippen LogP contribution in [-0.4, -0.2) is 4.98 Å². The summed E-state index contributed by atoms with van der Waals surface area (Å²) in [5.74, 6) is 0. The SMILES string of the molecule is Cc1cc(Br)ccc1CNCc1cscn1. The number of nitrogens with one attached hydrogen (secondary N) is 1. The zero-order chi connectivity index (χ0) is 11.4. The third-order valence-electron chi connectivity index (χ3n) is 2.41. The van der Waals surface area contributed by atoms with Crippen molar-refractivity contribution in [2.45, 2.75) is 20.0 Å². The summed E-state index contributed by atoms with van der Waals surface area (Å²) in [4.78, 5) is 4.23. The number of aryl methyl sites for hydroxylation is 1. The lowest BCUT2D eigenvalue weighted by Crippen LogP contribution is -2.13. The van der Waals surface area contributed by atoms with Crippen molar-refractivity contribution in [2.75, 3.05) is 0 Å². The van der Waals surface area contributed by atoms with Crippen LogP contribution in [0.2, 0.25) is 0 Å². The third-order valence-corrected chi connectivity index (χ3v) is 3.54. The lowest BCUT2D eigenvalue weighted by molar-refractivity contribution is 0.680. The largest absolute Gasteiger partial charge is 0.307 e. The minimum Gasteiger partial charge on any atom is -0.307 e. The average Bonchev–Trinajstić information content (AvgIpc) is 2.74. The lowest BCUT2D eigenvalue weighted by Gasteiger charge is -2.07. The van der Waals surface area contributed by atoms with Crippen molar-refractivity contribution >= 4 is 27.3 Å². The molecule has 16 heavy (non-hydrogen) atoms. The monoisotopic (exact) mass is 296 g/mol. The molecule has 1 aromatic carbocycles. The van der Waals surface area contributed by atoms with Gasteiger partial charge in [-0.05, 0) is 30.2 Å². The molecule has 0 amide bonds. The number of aromatic nitrogens is 1. The van der Waals surface area contributed by atoms with Crippen LogP contribution in [-0.2, 0) is 13.1 Å². The summed E-state index contributed by atoms with van der Waals surface area (Å²) >= 11 is 5.10. The first-order chi connectivity index (χ1) is 7.75. The van der Waals surface area contributed by atoms with Gasteiger partial charge in [-0.25, -0.2) is 4.98 Å². The molecular weight excluding hydrogens is 284 g/mol. The second-order valence-electron chi connectivity index (χ2n) is 3.65. The second kappa shape index (κ2) is 5.57. The number of benzene rings is 1. The van der Waals surface area contributed by atoms with Crippen molar-refractivity contribution in [1.82, 2.24) is 10.3 Å². The van der Waals surface area contributed by atoms with E-state index in [0.717, 1.165) is 23.3 Å². The van der Waals surface area contributed by atoms with E-state index in [1.165, 1.54) is 11.1 Å². The zero-order valence-corrected chi connectivity index (χ0v) is 11.4. The average molecular weight is 297 g/mol. The van der Waals surface area contributed by atoms with Crippen LogP contribution in [0.25, 0.3) is 0 Å². The van der Waals surface area contributed by atoms with Gasteiger partial charge in [-0.3, -0.25) is 0 Å². The Balaban J connectivity index is 1.90. The molecule has 0 saturated heterocycles. The quantitative estimate of drug-likeness (QED) is 0.934. The molecule has 2 aromatic rings. The van der Waals surface area contributed by atoms with E-state index in [2.05, 4.69) is 56.7 Å². The van der Waals surface area contributed by atoms with Crippen LogP contribution < -0.4 is 5.32 Å². The van der Waals surface area contributed by atoms with Crippen molar-refractivity contribution in [3.05, 3.63) is 50.4 Å². The molecule has 1 heterocycles. The standard InChI is InChI=1S/C12H13BrN2S/c1-9-4-11(13)3-2-10(9)5-14-6-12-7-16-8-15-12/h2-4,7-8,14H,5-6H2,1H3. The minimum absolute atomic E-state index is 0.832. The number of hydrogen-bond donors (Lipinski definition) is 1. The fourth-order valence-corrected chi connectivity index (χ4v) is 2.54. The number of thiazole rings is 1. The maximum absolute atomic E-state index is 4.23. The first kappa shape index (κ1) is 11.8. The van der Waals surface area contributed by atoms with Crippen LogP contribution in [0.1, 0.15) is 16.8 Å². The van der Waals surface area contributed by atoms with Gasteiger partial charge in [0, 0.05) is 22.9 Å². The number of nitrogens with zero attached hydrogens (tertiary/aromatic N) is 1. The molecule has 0 radical (unpaired) electrons. The molecule has 0 aliphatic carbocycles. The number of hydrogen-bond acceptors (Lipinski definition) is 3. The van der Waals surface area contributed by atoms with E-state index in [1.54, 1.807) is 11.3 Å². The van der Waals surface area contributed by atoms with Gasteiger partial charge in [-0.2, -0.15) is 0 Å². The fraction of sp³-hybridized carbons (Fsp3) is 0.250. The topological polar surface area (TPSA) is 24.9 Å². The Morgan fingerprint density at radius 3 is 2.94 bits per heavy atom. The highest BCUT2D eigenvalue weighted by atomic mass is 79.9. The van der Waals surface area contributed by atoms with Crippen LogP contribution in [0.3, 0.4) is 0 Å². The lowest BCUT2D eigenvalue weighted by atomic mass is 10.1. The van der Waals surface area contributed by atoms with E-state index in [9.17, 15) is 0 Å². The number of halogens is 1. The van der Waals surface area contributed by atoms with Crippen LogP contribution in [0, 0.1) is 6.92 Å².